The minimum absolute atomic E-state index is 0.323. The van der Waals surface area contributed by atoms with Crippen molar-refractivity contribution < 1.29 is 0 Å². The van der Waals surface area contributed by atoms with Gasteiger partial charge in [0.2, 0.25) is 0 Å². The second-order valence-corrected chi connectivity index (χ2v) is 4.73. The standard InChI is InChI=1S/C12H17ClN2/c1-9-12(14)5-6-15(9)8-10-3-2-4-11(13)7-10/h2-4,7,9,12H,5-6,8,14H2,1H3. The van der Waals surface area contributed by atoms with Crippen LogP contribution < -0.4 is 5.73 Å². The maximum Gasteiger partial charge on any atom is 0.0409 e. The first kappa shape index (κ1) is 10.9. The maximum atomic E-state index is 5.98. The highest BCUT2D eigenvalue weighted by Gasteiger charge is 2.27. The van der Waals surface area contributed by atoms with Gasteiger partial charge >= 0.3 is 0 Å². The summed E-state index contributed by atoms with van der Waals surface area (Å²) in [4.78, 5) is 2.41. The number of hydrogen-bond donors (Lipinski definition) is 1. The van der Waals surface area contributed by atoms with E-state index in [1.807, 2.05) is 18.2 Å². The summed E-state index contributed by atoms with van der Waals surface area (Å²) in [7, 11) is 0. The van der Waals surface area contributed by atoms with Crippen LogP contribution in [0.15, 0.2) is 24.3 Å². The smallest absolute Gasteiger partial charge is 0.0409 e. The number of nitrogens with zero attached hydrogens (tertiary/aromatic N) is 1. The van der Waals surface area contributed by atoms with Crippen LogP contribution in [-0.4, -0.2) is 23.5 Å². The first-order chi connectivity index (χ1) is 7.16. The van der Waals surface area contributed by atoms with Gasteiger partial charge in [0, 0.05) is 30.2 Å². The van der Waals surface area contributed by atoms with Gasteiger partial charge in [-0.15, -0.1) is 0 Å². The van der Waals surface area contributed by atoms with Crippen molar-refractivity contribution in [3.63, 3.8) is 0 Å². The second kappa shape index (κ2) is 4.52. The molecule has 3 heteroatoms. The van der Waals surface area contributed by atoms with Crippen LogP contribution in [0, 0.1) is 0 Å². The summed E-state index contributed by atoms with van der Waals surface area (Å²) in [5.74, 6) is 0. The predicted octanol–water partition coefficient (Wildman–Crippen LogP) is 2.26. The summed E-state index contributed by atoms with van der Waals surface area (Å²) in [6.45, 7) is 4.24. The van der Waals surface area contributed by atoms with E-state index in [2.05, 4.69) is 17.9 Å². The third kappa shape index (κ3) is 2.51. The molecule has 0 saturated carbocycles. The molecule has 2 N–H and O–H groups in total. The maximum absolute atomic E-state index is 5.98. The molecule has 1 fully saturated rings. The van der Waals surface area contributed by atoms with Gasteiger partial charge in [0.05, 0.1) is 0 Å². The lowest BCUT2D eigenvalue weighted by atomic mass is 10.1. The third-order valence-corrected chi connectivity index (χ3v) is 3.46. The highest BCUT2D eigenvalue weighted by Crippen LogP contribution is 2.20. The molecule has 0 amide bonds. The molecule has 2 nitrogen and oxygen atoms in total. The molecule has 2 rings (SSSR count). The summed E-state index contributed by atoms with van der Waals surface area (Å²) in [5.41, 5.74) is 7.25. The molecule has 2 unspecified atom stereocenters. The Hall–Kier alpha value is -0.570. The molecule has 1 heterocycles. The van der Waals surface area contributed by atoms with Crippen molar-refractivity contribution in [3.8, 4) is 0 Å². The monoisotopic (exact) mass is 224 g/mol. The lowest BCUT2D eigenvalue weighted by Crippen LogP contribution is -2.36. The summed E-state index contributed by atoms with van der Waals surface area (Å²) in [6, 6.07) is 8.84. The van der Waals surface area contributed by atoms with Crippen molar-refractivity contribution in [1.82, 2.24) is 4.90 Å². The average Bonchev–Trinajstić information content (AvgIpc) is 2.50. The molecule has 1 aromatic carbocycles. The van der Waals surface area contributed by atoms with Gasteiger partial charge in [-0.2, -0.15) is 0 Å². The number of benzene rings is 1. The van der Waals surface area contributed by atoms with Crippen LogP contribution in [0.3, 0.4) is 0 Å². The molecule has 0 aromatic heterocycles. The van der Waals surface area contributed by atoms with Crippen LogP contribution in [0.4, 0.5) is 0 Å². The zero-order valence-corrected chi connectivity index (χ0v) is 9.74. The Bertz CT molecular complexity index is 340. The van der Waals surface area contributed by atoms with E-state index in [0.717, 1.165) is 24.5 Å². The van der Waals surface area contributed by atoms with Crippen molar-refractivity contribution in [2.75, 3.05) is 6.54 Å². The van der Waals surface area contributed by atoms with Crippen molar-refractivity contribution in [1.29, 1.82) is 0 Å². The van der Waals surface area contributed by atoms with Gasteiger partial charge in [0.25, 0.3) is 0 Å². The molecule has 15 heavy (non-hydrogen) atoms. The van der Waals surface area contributed by atoms with Crippen LogP contribution in [0.1, 0.15) is 18.9 Å². The first-order valence-electron chi connectivity index (χ1n) is 5.41. The zero-order valence-electron chi connectivity index (χ0n) is 8.99. The molecule has 0 aliphatic carbocycles. The van der Waals surface area contributed by atoms with Crippen LogP contribution >= 0.6 is 11.6 Å². The van der Waals surface area contributed by atoms with Crippen LogP contribution in [0.2, 0.25) is 5.02 Å². The number of rotatable bonds is 2. The van der Waals surface area contributed by atoms with E-state index >= 15 is 0 Å². The van der Waals surface area contributed by atoms with Gasteiger partial charge in [-0.05, 0) is 31.0 Å². The Morgan fingerprint density at radius 3 is 2.93 bits per heavy atom. The van der Waals surface area contributed by atoms with Gasteiger partial charge in [-0.25, -0.2) is 0 Å². The molecule has 1 aliphatic rings. The van der Waals surface area contributed by atoms with Gasteiger partial charge in [0.15, 0.2) is 0 Å². The molecule has 0 radical (unpaired) electrons. The Morgan fingerprint density at radius 1 is 1.53 bits per heavy atom. The molecule has 0 spiro atoms. The molecule has 1 aliphatic heterocycles. The molecular weight excluding hydrogens is 208 g/mol. The summed E-state index contributed by atoms with van der Waals surface area (Å²) in [5, 5.41) is 0.809. The van der Waals surface area contributed by atoms with E-state index in [4.69, 9.17) is 17.3 Å². The third-order valence-electron chi connectivity index (χ3n) is 3.22. The fourth-order valence-corrected chi connectivity index (χ4v) is 2.34. The lowest BCUT2D eigenvalue weighted by Gasteiger charge is -2.22. The van der Waals surface area contributed by atoms with Crippen LogP contribution in [0.25, 0.3) is 0 Å². The minimum Gasteiger partial charge on any atom is -0.326 e. The van der Waals surface area contributed by atoms with Gasteiger partial charge in [0.1, 0.15) is 0 Å². The highest BCUT2D eigenvalue weighted by atomic mass is 35.5. The minimum atomic E-state index is 0.323. The highest BCUT2D eigenvalue weighted by molar-refractivity contribution is 6.30. The quantitative estimate of drug-likeness (QED) is 0.835. The van der Waals surface area contributed by atoms with E-state index in [1.54, 1.807) is 0 Å². The number of hydrogen-bond acceptors (Lipinski definition) is 2. The zero-order chi connectivity index (χ0) is 10.8. The fraction of sp³-hybridized carbons (Fsp3) is 0.500. The number of nitrogens with two attached hydrogens (primary N) is 1. The molecular formula is C12H17ClN2. The second-order valence-electron chi connectivity index (χ2n) is 4.29. The van der Waals surface area contributed by atoms with E-state index in [1.165, 1.54) is 5.56 Å². The molecule has 1 aromatic rings. The Kier molecular flexibility index (Phi) is 3.29. The summed E-state index contributed by atoms with van der Waals surface area (Å²) in [6.07, 6.45) is 1.10. The molecule has 1 saturated heterocycles. The van der Waals surface area contributed by atoms with Gasteiger partial charge in [-0.1, -0.05) is 23.7 Å². The Morgan fingerprint density at radius 2 is 2.33 bits per heavy atom. The normalized spacial score (nSPS) is 27.1. The Labute approximate surface area is 96.0 Å². The average molecular weight is 225 g/mol. The first-order valence-corrected chi connectivity index (χ1v) is 5.78. The van der Waals surface area contributed by atoms with E-state index in [9.17, 15) is 0 Å². The summed E-state index contributed by atoms with van der Waals surface area (Å²) >= 11 is 5.95. The van der Waals surface area contributed by atoms with Crippen LogP contribution in [0.5, 0.6) is 0 Å². The Balaban J connectivity index is 2.03. The number of likely N-dealkylation sites (tertiary alicyclic amines) is 1. The van der Waals surface area contributed by atoms with E-state index < -0.39 is 0 Å². The van der Waals surface area contributed by atoms with Crippen molar-refractivity contribution >= 4 is 11.6 Å². The summed E-state index contributed by atoms with van der Waals surface area (Å²) < 4.78 is 0. The van der Waals surface area contributed by atoms with Crippen molar-refractivity contribution in [2.24, 2.45) is 5.73 Å². The van der Waals surface area contributed by atoms with E-state index in [-0.39, 0.29) is 0 Å². The van der Waals surface area contributed by atoms with Gasteiger partial charge in [-0.3, -0.25) is 4.90 Å². The SMILES string of the molecule is CC1C(N)CCN1Cc1cccc(Cl)c1. The molecule has 0 bridgehead atoms. The molecule has 2 atom stereocenters. The topological polar surface area (TPSA) is 29.3 Å². The lowest BCUT2D eigenvalue weighted by molar-refractivity contribution is 0.252. The van der Waals surface area contributed by atoms with Crippen LogP contribution in [-0.2, 0) is 6.54 Å². The van der Waals surface area contributed by atoms with Crippen molar-refractivity contribution in [3.05, 3.63) is 34.9 Å². The number of halogens is 1. The largest absolute Gasteiger partial charge is 0.326 e. The fourth-order valence-electron chi connectivity index (χ4n) is 2.12. The molecule has 82 valence electrons. The van der Waals surface area contributed by atoms with Gasteiger partial charge < -0.3 is 5.73 Å². The predicted molar refractivity (Wildman–Crippen MR) is 63.9 cm³/mol. The van der Waals surface area contributed by atoms with E-state index in [0.29, 0.717) is 12.1 Å². The van der Waals surface area contributed by atoms with Crippen molar-refractivity contribution in [2.45, 2.75) is 32.0 Å².